The molecule has 0 atom stereocenters. The Morgan fingerprint density at radius 2 is 0.836 bits per heavy atom. The summed E-state index contributed by atoms with van der Waals surface area (Å²) in [5.41, 5.74) is 17.8. The van der Waals surface area contributed by atoms with E-state index in [0.717, 1.165) is 17.9 Å². The van der Waals surface area contributed by atoms with Crippen LogP contribution in [0.3, 0.4) is 0 Å². The second-order valence-corrected chi connectivity index (χ2v) is 17.3. The molecule has 3 heteroatoms. The molecular formula is C58H46N3+. The normalized spacial score (nSPS) is 12.1. The van der Waals surface area contributed by atoms with Crippen molar-refractivity contribution in [1.82, 2.24) is 9.13 Å². The predicted molar refractivity (Wildman–Crippen MR) is 256 cm³/mol. The van der Waals surface area contributed by atoms with Gasteiger partial charge in [-0.05, 0) is 81.8 Å². The number of hydrogen-bond donors (Lipinski definition) is 0. The molecule has 3 nitrogen and oxygen atoms in total. The van der Waals surface area contributed by atoms with Gasteiger partial charge in [-0.1, -0.05) is 166 Å². The van der Waals surface area contributed by atoms with Crippen molar-refractivity contribution in [3.8, 4) is 44.9 Å². The lowest BCUT2D eigenvalue weighted by Crippen LogP contribution is -2.32. The second kappa shape index (κ2) is 14.7. The molecule has 11 aromatic rings. The average molecular weight is 785 g/mol. The van der Waals surface area contributed by atoms with Gasteiger partial charge in [0.05, 0.1) is 27.6 Å². The molecule has 0 aliphatic carbocycles. The van der Waals surface area contributed by atoms with Crippen LogP contribution in [0.2, 0.25) is 0 Å². The topological polar surface area (TPSA) is 13.7 Å². The van der Waals surface area contributed by atoms with Crippen LogP contribution in [0, 0.1) is 0 Å². The summed E-state index contributed by atoms with van der Waals surface area (Å²) >= 11 is 0. The monoisotopic (exact) mass is 784 g/mol. The summed E-state index contributed by atoms with van der Waals surface area (Å²) in [5, 5.41) is 5.08. The minimum Gasteiger partial charge on any atom is -0.309 e. The number of pyridine rings is 1. The number of fused-ring (bicyclic) bond motifs is 9. The summed E-state index contributed by atoms with van der Waals surface area (Å²) in [6.07, 6.45) is 2.23. The first kappa shape index (κ1) is 36.6. The molecule has 0 unspecified atom stereocenters. The third kappa shape index (κ3) is 6.42. The maximum atomic E-state index is 2.41. The van der Waals surface area contributed by atoms with Crippen molar-refractivity contribution >= 4 is 43.6 Å². The fourth-order valence-electron chi connectivity index (χ4n) is 9.36. The van der Waals surface area contributed by atoms with Gasteiger partial charge in [-0.15, -0.1) is 0 Å². The van der Waals surface area contributed by atoms with E-state index in [1.54, 1.807) is 0 Å². The van der Waals surface area contributed by atoms with Gasteiger partial charge >= 0.3 is 0 Å². The van der Waals surface area contributed by atoms with E-state index in [1.165, 1.54) is 88.2 Å². The lowest BCUT2D eigenvalue weighted by molar-refractivity contribution is -0.672. The van der Waals surface area contributed by atoms with E-state index in [0.29, 0.717) is 0 Å². The highest BCUT2D eigenvalue weighted by Gasteiger charge is 2.28. The predicted octanol–water partition coefficient (Wildman–Crippen LogP) is 14.5. The van der Waals surface area contributed by atoms with Gasteiger partial charge in [0.2, 0.25) is 5.69 Å². The summed E-state index contributed by atoms with van der Waals surface area (Å²) in [4.78, 5) is 0. The van der Waals surface area contributed by atoms with Crippen molar-refractivity contribution in [2.75, 3.05) is 0 Å². The Bertz CT molecular complexity index is 3180. The summed E-state index contributed by atoms with van der Waals surface area (Å²) in [6, 6.07) is 74.6. The molecule has 0 saturated carbocycles. The molecule has 292 valence electrons. The van der Waals surface area contributed by atoms with Gasteiger partial charge in [-0.3, -0.25) is 0 Å². The molecule has 0 radical (unpaired) electrons. The van der Waals surface area contributed by atoms with Crippen LogP contribution in [0.1, 0.15) is 31.9 Å². The maximum absolute atomic E-state index is 2.41. The van der Waals surface area contributed by atoms with E-state index in [4.69, 9.17) is 0 Å². The van der Waals surface area contributed by atoms with E-state index in [-0.39, 0.29) is 5.41 Å². The van der Waals surface area contributed by atoms with E-state index >= 15 is 0 Å². The summed E-state index contributed by atoms with van der Waals surface area (Å²) in [7, 11) is 0. The minimum atomic E-state index is 0.176. The van der Waals surface area contributed by atoms with Crippen LogP contribution >= 0.6 is 0 Å². The van der Waals surface area contributed by atoms with E-state index in [2.05, 4.69) is 247 Å². The molecule has 0 fully saturated rings. The molecule has 8 aromatic carbocycles. The van der Waals surface area contributed by atoms with E-state index in [9.17, 15) is 0 Å². The number of benzene rings is 8. The highest BCUT2D eigenvalue weighted by molar-refractivity contribution is 6.10. The first-order valence-corrected chi connectivity index (χ1v) is 21.3. The van der Waals surface area contributed by atoms with Crippen LogP contribution in [0.25, 0.3) is 88.5 Å². The Morgan fingerprint density at radius 1 is 0.393 bits per heavy atom. The Hall–Kier alpha value is -7.49. The molecule has 4 heterocycles. The van der Waals surface area contributed by atoms with Crippen molar-refractivity contribution < 1.29 is 4.57 Å². The Labute approximate surface area is 357 Å². The van der Waals surface area contributed by atoms with Gasteiger partial charge < -0.3 is 9.13 Å². The molecule has 0 amide bonds. The van der Waals surface area contributed by atoms with E-state index < -0.39 is 0 Å². The van der Waals surface area contributed by atoms with Gasteiger partial charge in [0, 0.05) is 50.6 Å². The lowest BCUT2D eigenvalue weighted by atomic mass is 9.87. The fourth-order valence-corrected chi connectivity index (χ4v) is 9.36. The number of rotatable bonds is 4. The first-order valence-electron chi connectivity index (χ1n) is 21.3. The maximum Gasteiger partial charge on any atom is 0.213 e. The van der Waals surface area contributed by atoms with Crippen LogP contribution < -0.4 is 4.57 Å². The molecule has 0 bridgehead atoms. The third-order valence-corrected chi connectivity index (χ3v) is 12.4. The summed E-state index contributed by atoms with van der Waals surface area (Å²) in [5.74, 6) is 0. The minimum absolute atomic E-state index is 0.176. The average Bonchev–Trinajstić information content (AvgIpc) is 3.97. The zero-order chi connectivity index (χ0) is 41.1. The zero-order valence-electron chi connectivity index (χ0n) is 34.8. The van der Waals surface area contributed by atoms with E-state index in [1.807, 2.05) is 0 Å². The summed E-state index contributed by atoms with van der Waals surface area (Å²) < 4.78 is 7.18. The number of nitrogens with zero attached hydrogens (tertiary/aromatic N) is 3. The van der Waals surface area contributed by atoms with Crippen LogP contribution in [-0.2, 0) is 12.0 Å². The Kier molecular flexibility index (Phi) is 8.79. The van der Waals surface area contributed by atoms with Crippen molar-refractivity contribution in [1.29, 1.82) is 0 Å². The molecule has 1 aliphatic rings. The standard InChI is InChI=1S/C36H24N2.C22H22N/c1-2-12-25(13-3-1)26-22-27(37-33-18-8-4-14-29(33)30-15-5-9-19-34(30)37)24-28(23-26)38-35-20-10-6-16-31(35)32-17-7-11-21-36(32)38;1-22(2,3)19-11-12-23-15-18-10-9-17(13-20(18)21(23)14-19)16-7-5-4-6-8-16/h1-24H;4-14H,15H2,1-3H3/q;+1. The molecule has 0 saturated heterocycles. The van der Waals surface area contributed by atoms with Crippen molar-refractivity contribution in [3.05, 3.63) is 224 Å². The van der Waals surface area contributed by atoms with Crippen molar-refractivity contribution in [2.45, 2.75) is 32.7 Å². The van der Waals surface area contributed by atoms with Gasteiger partial charge in [0.15, 0.2) is 12.7 Å². The van der Waals surface area contributed by atoms with Gasteiger partial charge in [0.1, 0.15) is 0 Å². The molecular weight excluding hydrogens is 739 g/mol. The van der Waals surface area contributed by atoms with Gasteiger partial charge in [-0.2, -0.15) is 4.57 Å². The van der Waals surface area contributed by atoms with Crippen LogP contribution in [0.5, 0.6) is 0 Å². The number of hydrogen-bond acceptors (Lipinski definition) is 0. The highest BCUT2D eigenvalue weighted by Crippen LogP contribution is 2.38. The molecule has 1 aliphatic heterocycles. The van der Waals surface area contributed by atoms with Crippen molar-refractivity contribution in [2.24, 2.45) is 0 Å². The molecule has 61 heavy (non-hydrogen) atoms. The van der Waals surface area contributed by atoms with Gasteiger partial charge in [-0.25, -0.2) is 0 Å². The van der Waals surface area contributed by atoms with Crippen molar-refractivity contribution in [3.63, 3.8) is 0 Å². The Balaban J connectivity index is 0.000000156. The molecule has 12 rings (SSSR count). The summed E-state index contributed by atoms with van der Waals surface area (Å²) in [6.45, 7) is 7.80. The highest BCUT2D eigenvalue weighted by atomic mass is 15.0. The van der Waals surface area contributed by atoms with Crippen LogP contribution in [0.15, 0.2) is 212 Å². The fraction of sp³-hybridized carbons (Fsp3) is 0.0862. The number of aromatic nitrogens is 3. The SMILES string of the molecule is CC(C)(C)c1cc[n+]2c(c1)-c1cc(-c3ccccc3)ccc1C2.c1ccc(-c2cc(-n3c4ccccc4c4ccccc43)cc(-n3c4ccccc4c4ccccc43)c2)cc1. The third-order valence-electron chi connectivity index (χ3n) is 12.4. The Morgan fingerprint density at radius 3 is 1.31 bits per heavy atom. The number of para-hydroxylation sites is 4. The largest absolute Gasteiger partial charge is 0.309 e. The molecule has 3 aromatic heterocycles. The molecule has 0 spiro atoms. The van der Waals surface area contributed by atoms with Crippen LogP contribution in [0.4, 0.5) is 0 Å². The van der Waals surface area contributed by atoms with Crippen LogP contribution in [-0.4, -0.2) is 9.13 Å². The lowest BCUT2D eigenvalue weighted by Gasteiger charge is -2.18. The van der Waals surface area contributed by atoms with Gasteiger partial charge in [0.25, 0.3) is 0 Å². The first-order chi connectivity index (χ1) is 29.9. The molecule has 0 N–H and O–H groups in total. The second-order valence-electron chi connectivity index (χ2n) is 17.3. The zero-order valence-corrected chi connectivity index (χ0v) is 34.8. The smallest absolute Gasteiger partial charge is 0.213 e. The quantitative estimate of drug-likeness (QED) is 0.158.